The van der Waals surface area contributed by atoms with E-state index in [1.165, 1.54) is 25.9 Å². The van der Waals surface area contributed by atoms with Crippen molar-refractivity contribution < 1.29 is 4.79 Å². The Morgan fingerprint density at radius 3 is 2.83 bits per heavy atom. The lowest BCUT2D eigenvalue weighted by Gasteiger charge is -2.29. The van der Waals surface area contributed by atoms with E-state index in [0.717, 1.165) is 18.9 Å². The van der Waals surface area contributed by atoms with Crippen LogP contribution in [0.25, 0.3) is 0 Å². The molecule has 4 heteroatoms. The maximum Gasteiger partial charge on any atom is 0.220 e. The first-order chi connectivity index (χ1) is 8.43. The first kappa shape index (κ1) is 15.4. The molecular weight excluding hydrogens is 226 g/mol. The number of carbonyl (C=O) groups excluding carboxylic acids is 1. The summed E-state index contributed by atoms with van der Waals surface area (Å²) in [7, 11) is 2.18. The molecule has 0 aromatic carbocycles. The van der Waals surface area contributed by atoms with Crippen LogP contribution in [0, 0.1) is 11.3 Å². The van der Waals surface area contributed by atoms with Gasteiger partial charge in [0.25, 0.3) is 0 Å². The number of carbonyl (C=O) groups is 1. The quantitative estimate of drug-likeness (QED) is 0.750. The average Bonchev–Trinajstić information content (AvgIpc) is 2.28. The van der Waals surface area contributed by atoms with Gasteiger partial charge in [-0.2, -0.15) is 0 Å². The highest BCUT2D eigenvalue weighted by Gasteiger charge is 2.21. The molecule has 1 saturated heterocycles. The summed E-state index contributed by atoms with van der Waals surface area (Å²) in [5.41, 5.74) is 5.54. The van der Waals surface area contributed by atoms with E-state index in [1.54, 1.807) is 0 Å². The number of nitrogens with one attached hydrogen (secondary N) is 1. The van der Waals surface area contributed by atoms with Gasteiger partial charge in [-0.3, -0.25) is 4.79 Å². The van der Waals surface area contributed by atoms with Gasteiger partial charge in [0.05, 0.1) is 0 Å². The summed E-state index contributed by atoms with van der Waals surface area (Å²) in [5.74, 6) is 0.876. The summed E-state index contributed by atoms with van der Waals surface area (Å²) >= 11 is 0. The van der Waals surface area contributed by atoms with Crippen LogP contribution in [0.1, 0.15) is 39.5 Å². The molecule has 0 radical (unpaired) electrons. The second-order valence-corrected chi connectivity index (χ2v) is 6.45. The molecule has 1 unspecified atom stereocenters. The number of nitrogens with two attached hydrogens (primary N) is 1. The van der Waals surface area contributed by atoms with Crippen molar-refractivity contribution in [3.63, 3.8) is 0 Å². The second-order valence-electron chi connectivity index (χ2n) is 6.45. The number of amides is 1. The maximum absolute atomic E-state index is 11.7. The summed E-state index contributed by atoms with van der Waals surface area (Å²) in [6.45, 7) is 7.80. The van der Waals surface area contributed by atoms with Crippen LogP contribution in [-0.2, 0) is 4.79 Å². The van der Waals surface area contributed by atoms with Gasteiger partial charge >= 0.3 is 0 Å². The van der Waals surface area contributed by atoms with Crippen molar-refractivity contribution >= 4 is 5.91 Å². The van der Waals surface area contributed by atoms with Crippen LogP contribution in [-0.4, -0.2) is 44.0 Å². The normalized spacial score (nSPS) is 21.9. The fraction of sp³-hybridized carbons (Fsp3) is 0.929. The minimum Gasteiger partial charge on any atom is -0.356 e. The highest BCUT2D eigenvalue weighted by molar-refractivity contribution is 5.76. The third-order valence-electron chi connectivity index (χ3n) is 3.79. The van der Waals surface area contributed by atoms with E-state index in [-0.39, 0.29) is 11.3 Å². The van der Waals surface area contributed by atoms with Gasteiger partial charge in [-0.05, 0) is 50.7 Å². The Morgan fingerprint density at radius 1 is 1.50 bits per heavy atom. The second kappa shape index (κ2) is 7.10. The van der Waals surface area contributed by atoms with Crippen LogP contribution in [0.4, 0.5) is 0 Å². The van der Waals surface area contributed by atoms with Crippen molar-refractivity contribution in [2.45, 2.75) is 39.5 Å². The third kappa shape index (κ3) is 5.83. The van der Waals surface area contributed by atoms with Gasteiger partial charge in [-0.15, -0.1) is 0 Å². The largest absolute Gasteiger partial charge is 0.356 e. The van der Waals surface area contributed by atoms with Crippen LogP contribution >= 0.6 is 0 Å². The number of nitrogens with zero attached hydrogens (tertiary/aromatic N) is 1. The van der Waals surface area contributed by atoms with Crippen LogP contribution < -0.4 is 11.1 Å². The van der Waals surface area contributed by atoms with E-state index in [4.69, 9.17) is 5.73 Å². The summed E-state index contributed by atoms with van der Waals surface area (Å²) in [5, 5.41) is 3.02. The zero-order valence-corrected chi connectivity index (χ0v) is 12.2. The first-order valence-corrected chi connectivity index (χ1v) is 7.08. The van der Waals surface area contributed by atoms with E-state index in [2.05, 4.69) is 17.3 Å². The number of hydrogen-bond acceptors (Lipinski definition) is 3. The van der Waals surface area contributed by atoms with Gasteiger partial charge in [-0.1, -0.05) is 13.8 Å². The highest BCUT2D eigenvalue weighted by atomic mass is 16.1. The molecular formula is C14H29N3O. The summed E-state index contributed by atoms with van der Waals surface area (Å²) < 4.78 is 0. The van der Waals surface area contributed by atoms with Crippen LogP contribution in [0.15, 0.2) is 0 Å². The van der Waals surface area contributed by atoms with Crippen molar-refractivity contribution in [2.24, 2.45) is 17.1 Å². The van der Waals surface area contributed by atoms with Crippen molar-refractivity contribution in [3.8, 4) is 0 Å². The Morgan fingerprint density at radius 2 is 2.22 bits per heavy atom. The van der Waals surface area contributed by atoms with Crippen molar-refractivity contribution in [3.05, 3.63) is 0 Å². The Bertz CT molecular complexity index is 266. The lowest BCUT2D eigenvalue weighted by Crippen LogP contribution is -2.36. The van der Waals surface area contributed by atoms with Gasteiger partial charge in [-0.25, -0.2) is 0 Å². The van der Waals surface area contributed by atoms with E-state index < -0.39 is 0 Å². The van der Waals surface area contributed by atoms with E-state index in [0.29, 0.717) is 13.0 Å². The Kier molecular flexibility index (Phi) is 6.09. The average molecular weight is 255 g/mol. The Balaban J connectivity index is 2.15. The first-order valence-electron chi connectivity index (χ1n) is 7.08. The number of piperidine rings is 1. The molecule has 1 heterocycles. The van der Waals surface area contributed by atoms with Gasteiger partial charge < -0.3 is 16.0 Å². The maximum atomic E-state index is 11.7. The Hall–Kier alpha value is -0.610. The zero-order chi connectivity index (χ0) is 13.6. The van der Waals surface area contributed by atoms with Crippen LogP contribution in [0.2, 0.25) is 0 Å². The molecule has 0 aromatic rings. The molecule has 18 heavy (non-hydrogen) atoms. The fourth-order valence-electron chi connectivity index (χ4n) is 2.49. The molecule has 3 N–H and O–H groups in total. The molecule has 0 saturated carbocycles. The predicted molar refractivity (Wildman–Crippen MR) is 75.3 cm³/mol. The van der Waals surface area contributed by atoms with Gasteiger partial charge in [0, 0.05) is 19.5 Å². The highest BCUT2D eigenvalue weighted by Crippen LogP contribution is 2.19. The summed E-state index contributed by atoms with van der Waals surface area (Å²) in [6, 6.07) is 0. The van der Waals surface area contributed by atoms with E-state index in [9.17, 15) is 4.79 Å². The fourth-order valence-corrected chi connectivity index (χ4v) is 2.49. The minimum absolute atomic E-state index is 0.0882. The van der Waals surface area contributed by atoms with Gasteiger partial charge in [0.1, 0.15) is 0 Å². The number of hydrogen-bond donors (Lipinski definition) is 2. The minimum atomic E-state index is -0.0882. The SMILES string of the molecule is CN1CCCC(CCNC(=O)CC(C)(C)CN)C1. The lowest BCUT2D eigenvalue weighted by molar-refractivity contribution is -0.122. The van der Waals surface area contributed by atoms with Crippen LogP contribution in [0.3, 0.4) is 0 Å². The smallest absolute Gasteiger partial charge is 0.220 e. The van der Waals surface area contributed by atoms with E-state index in [1.807, 2.05) is 13.8 Å². The molecule has 4 nitrogen and oxygen atoms in total. The monoisotopic (exact) mass is 255 g/mol. The van der Waals surface area contributed by atoms with E-state index >= 15 is 0 Å². The molecule has 1 rings (SSSR count). The molecule has 0 aromatic heterocycles. The number of likely N-dealkylation sites (tertiary alicyclic amines) is 1. The molecule has 0 bridgehead atoms. The molecule has 1 aliphatic heterocycles. The Labute approximate surface area is 111 Å². The molecule has 1 fully saturated rings. The summed E-state index contributed by atoms with van der Waals surface area (Å²) in [4.78, 5) is 14.1. The predicted octanol–water partition coefficient (Wildman–Crippen LogP) is 1.21. The van der Waals surface area contributed by atoms with Gasteiger partial charge in [0.15, 0.2) is 0 Å². The lowest BCUT2D eigenvalue weighted by atomic mass is 9.89. The zero-order valence-electron chi connectivity index (χ0n) is 12.2. The van der Waals surface area contributed by atoms with Gasteiger partial charge in [0.2, 0.25) is 5.91 Å². The molecule has 0 spiro atoms. The van der Waals surface area contributed by atoms with Crippen molar-refractivity contribution in [2.75, 3.05) is 33.2 Å². The van der Waals surface area contributed by atoms with Crippen molar-refractivity contribution in [1.29, 1.82) is 0 Å². The summed E-state index contributed by atoms with van der Waals surface area (Å²) in [6.07, 6.45) is 4.21. The standard InChI is InChI=1S/C14H29N3O/c1-14(2,11-15)9-13(18)16-7-6-12-5-4-8-17(3)10-12/h12H,4-11,15H2,1-3H3,(H,16,18). The third-order valence-corrected chi connectivity index (χ3v) is 3.79. The molecule has 1 amide bonds. The van der Waals surface area contributed by atoms with Crippen molar-refractivity contribution in [1.82, 2.24) is 10.2 Å². The number of rotatable bonds is 6. The topological polar surface area (TPSA) is 58.4 Å². The molecule has 106 valence electrons. The molecule has 1 atom stereocenters. The molecule has 1 aliphatic rings. The molecule has 0 aliphatic carbocycles. The van der Waals surface area contributed by atoms with Crippen LogP contribution in [0.5, 0.6) is 0 Å².